The van der Waals surface area contributed by atoms with Crippen LogP contribution in [0.2, 0.25) is 5.02 Å². The Morgan fingerprint density at radius 2 is 1.77 bits per heavy atom. The van der Waals surface area contributed by atoms with Gasteiger partial charge >= 0.3 is 0 Å². The minimum Gasteiger partial charge on any atom is -0.379 e. The summed E-state index contributed by atoms with van der Waals surface area (Å²) < 4.78 is 2.23. The second kappa shape index (κ2) is 9.09. The molecule has 140 valence electrons. The molecule has 26 heavy (non-hydrogen) atoms. The van der Waals surface area contributed by atoms with E-state index in [0.29, 0.717) is 0 Å². The van der Waals surface area contributed by atoms with E-state index in [-0.39, 0.29) is 6.04 Å². The molecule has 0 radical (unpaired) electrons. The number of aryl methyl sites for hydroxylation is 1. The molecule has 4 rings (SSSR count). The van der Waals surface area contributed by atoms with E-state index >= 15 is 0 Å². The highest BCUT2D eigenvalue weighted by molar-refractivity contribution is 9.12. The van der Waals surface area contributed by atoms with Crippen molar-refractivity contribution in [3.05, 3.63) is 60.7 Å². The molecule has 2 N–H and O–H groups in total. The fourth-order valence-electron chi connectivity index (χ4n) is 3.99. The van der Waals surface area contributed by atoms with Crippen molar-refractivity contribution in [3.8, 4) is 0 Å². The van der Waals surface area contributed by atoms with Crippen molar-refractivity contribution < 1.29 is 0 Å². The minimum atomic E-state index is 0.262. The molecule has 1 unspecified atom stereocenters. The van der Waals surface area contributed by atoms with Crippen LogP contribution in [-0.2, 0) is 6.42 Å². The van der Waals surface area contributed by atoms with E-state index in [1.54, 1.807) is 5.57 Å². The second-order valence-corrected chi connectivity index (χ2v) is 8.74. The van der Waals surface area contributed by atoms with Gasteiger partial charge in [-0.1, -0.05) is 47.0 Å². The third-order valence-electron chi connectivity index (χ3n) is 5.05. The van der Waals surface area contributed by atoms with Gasteiger partial charge in [-0.25, -0.2) is 0 Å². The molecule has 0 saturated carbocycles. The summed E-state index contributed by atoms with van der Waals surface area (Å²) >= 11 is 13.8. The Balaban J connectivity index is 0.000000948. The summed E-state index contributed by atoms with van der Waals surface area (Å²) in [5.41, 5.74) is 7.17. The Morgan fingerprint density at radius 1 is 1.04 bits per heavy atom. The number of dihydropyridines is 1. The molecular weight excluding hydrogens is 476 g/mol. The Bertz CT molecular complexity index is 772. The third-order valence-corrected chi connectivity index (χ3v) is 6.35. The van der Waals surface area contributed by atoms with Crippen molar-refractivity contribution in [1.29, 1.82) is 0 Å². The third kappa shape index (κ3) is 4.14. The normalized spacial score (nSPS) is 22.0. The number of hydrogen-bond acceptors (Lipinski definition) is 2. The SMILES string of the molecule is CC.Clc1cc(Br)c2c(c1)CCC1=CC(Br)=CNC1C2=C1CCNCC1. The molecule has 1 aromatic rings. The number of rotatable bonds is 0. The van der Waals surface area contributed by atoms with Gasteiger partial charge in [-0.2, -0.15) is 0 Å². The highest BCUT2D eigenvalue weighted by atomic mass is 79.9. The maximum absolute atomic E-state index is 6.34. The summed E-state index contributed by atoms with van der Waals surface area (Å²) in [5, 5.41) is 7.91. The summed E-state index contributed by atoms with van der Waals surface area (Å²) in [6.45, 7) is 6.12. The van der Waals surface area contributed by atoms with E-state index in [1.807, 2.05) is 19.9 Å². The van der Waals surface area contributed by atoms with Gasteiger partial charge in [0.05, 0.1) is 6.04 Å². The molecule has 2 heterocycles. The van der Waals surface area contributed by atoms with Gasteiger partial charge in [0.25, 0.3) is 0 Å². The van der Waals surface area contributed by atoms with E-state index in [2.05, 4.69) is 60.8 Å². The van der Waals surface area contributed by atoms with E-state index in [1.165, 1.54) is 22.3 Å². The Kier molecular flexibility index (Phi) is 7.06. The van der Waals surface area contributed by atoms with Crippen LogP contribution in [0.25, 0.3) is 5.57 Å². The molecule has 1 saturated heterocycles. The zero-order valence-corrected chi connectivity index (χ0v) is 19.2. The molecule has 1 aliphatic carbocycles. The molecule has 1 atom stereocenters. The van der Waals surface area contributed by atoms with Crippen LogP contribution < -0.4 is 10.6 Å². The molecule has 2 nitrogen and oxygen atoms in total. The first kappa shape index (κ1) is 20.2. The maximum Gasteiger partial charge on any atom is 0.0731 e. The zero-order valence-electron chi connectivity index (χ0n) is 15.3. The first-order valence-electron chi connectivity index (χ1n) is 9.36. The molecule has 0 bridgehead atoms. The average Bonchev–Trinajstić information content (AvgIpc) is 2.81. The molecule has 0 amide bonds. The lowest BCUT2D eigenvalue weighted by Gasteiger charge is -2.30. The van der Waals surface area contributed by atoms with Crippen LogP contribution >= 0.6 is 43.5 Å². The summed E-state index contributed by atoms with van der Waals surface area (Å²) in [4.78, 5) is 0. The van der Waals surface area contributed by atoms with Gasteiger partial charge in [0.2, 0.25) is 0 Å². The average molecular weight is 501 g/mol. The van der Waals surface area contributed by atoms with Crippen molar-refractivity contribution in [2.45, 2.75) is 45.6 Å². The number of fused-ring (bicyclic) bond motifs is 2. The summed E-state index contributed by atoms with van der Waals surface area (Å²) in [5.74, 6) is 0. The van der Waals surface area contributed by atoms with Gasteiger partial charge in [-0.05, 0) is 95.2 Å². The van der Waals surface area contributed by atoms with Crippen LogP contribution in [0.1, 0.15) is 44.2 Å². The van der Waals surface area contributed by atoms with Crippen LogP contribution in [0.3, 0.4) is 0 Å². The number of halogens is 3. The molecule has 5 heteroatoms. The van der Waals surface area contributed by atoms with Crippen molar-refractivity contribution in [3.63, 3.8) is 0 Å². The van der Waals surface area contributed by atoms with Crippen LogP contribution in [0.4, 0.5) is 0 Å². The van der Waals surface area contributed by atoms with Gasteiger partial charge in [-0.3, -0.25) is 0 Å². The van der Waals surface area contributed by atoms with E-state index in [9.17, 15) is 0 Å². The van der Waals surface area contributed by atoms with Gasteiger partial charge < -0.3 is 10.6 Å². The highest BCUT2D eigenvalue weighted by Gasteiger charge is 2.31. The minimum absolute atomic E-state index is 0.262. The molecule has 2 aliphatic heterocycles. The predicted molar refractivity (Wildman–Crippen MR) is 120 cm³/mol. The second-order valence-electron chi connectivity index (χ2n) is 6.54. The van der Waals surface area contributed by atoms with E-state index in [0.717, 1.165) is 52.8 Å². The fourth-order valence-corrected chi connectivity index (χ4v) is 5.50. The summed E-state index contributed by atoms with van der Waals surface area (Å²) in [6, 6.07) is 4.44. The van der Waals surface area contributed by atoms with Crippen LogP contribution in [0, 0.1) is 0 Å². The van der Waals surface area contributed by atoms with Crippen molar-refractivity contribution in [2.75, 3.05) is 13.1 Å². The largest absolute Gasteiger partial charge is 0.379 e. The molecule has 0 aromatic heterocycles. The number of allylic oxidation sites excluding steroid dienone is 2. The van der Waals surface area contributed by atoms with E-state index in [4.69, 9.17) is 11.6 Å². The Labute approximate surface area is 178 Å². The lowest BCUT2D eigenvalue weighted by atomic mass is 9.85. The summed E-state index contributed by atoms with van der Waals surface area (Å²) in [7, 11) is 0. The van der Waals surface area contributed by atoms with Crippen LogP contribution in [-0.4, -0.2) is 19.1 Å². The summed E-state index contributed by atoms with van der Waals surface area (Å²) in [6.07, 6.45) is 8.65. The Hall–Kier alpha value is -0.550. The van der Waals surface area contributed by atoms with Crippen LogP contribution in [0.5, 0.6) is 0 Å². The quantitative estimate of drug-likeness (QED) is 0.434. The maximum atomic E-state index is 6.34. The van der Waals surface area contributed by atoms with Gasteiger partial charge in [0.15, 0.2) is 0 Å². The topological polar surface area (TPSA) is 24.1 Å². The molecule has 0 spiro atoms. The monoisotopic (exact) mass is 498 g/mol. The van der Waals surface area contributed by atoms with Crippen molar-refractivity contribution >= 4 is 49.0 Å². The van der Waals surface area contributed by atoms with Crippen molar-refractivity contribution in [1.82, 2.24) is 10.6 Å². The van der Waals surface area contributed by atoms with Crippen LogP contribution in [0.15, 0.2) is 44.5 Å². The molecular formula is C21H25Br2ClN2. The number of nitrogens with one attached hydrogen (secondary N) is 2. The van der Waals surface area contributed by atoms with Gasteiger partial charge in [-0.15, -0.1) is 0 Å². The lowest BCUT2D eigenvalue weighted by Crippen LogP contribution is -2.33. The molecule has 1 aromatic carbocycles. The lowest BCUT2D eigenvalue weighted by molar-refractivity contribution is 0.606. The predicted octanol–water partition coefficient (Wildman–Crippen LogP) is 6.35. The first-order chi connectivity index (χ1) is 12.6. The Morgan fingerprint density at radius 3 is 2.50 bits per heavy atom. The smallest absolute Gasteiger partial charge is 0.0731 e. The first-order valence-corrected chi connectivity index (χ1v) is 11.3. The standard InChI is InChI=1S/C19H19Br2ClN2.C2H6/c20-14-7-13-2-1-12-8-15(22)9-16(21)17(12)18(19(13)24-10-14)11-3-5-23-6-4-11;1-2/h7-10,19,23-24H,1-6H2;1-2H3. The van der Waals surface area contributed by atoms with Gasteiger partial charge in [0, 0.05) is 20.2 Å². The number of benzene rings is 1. The highest BCUT2D eigenvalue weighted by Crippen LogP contribution is 2.43. The zero-order chi connectivity index (χ0) is 18.7. The number of piperidine rings is 1. The molecule has 3 aliphatic rings. The fraction of sp³-hybridized carbons (Fsp3) is 0.429. The molecule has 1 fully saturated rings. The van der Waals surface area contributed by atoms with E-state index < -0.39 is 0 Å². The van der Waals surface area contributed by atoms with Gasteiger partial charge in [0.1, 0.15) is 0 Å². The van der Waals surface area contributed by atoms with Crippen molar-refractivity contribution in [2.24, 2.45) is 0 Å². The number of hydrogen-bond donors (Lipinski definition) is 2.